The van der Waals surface area contributed by atoms with Crippen LogP contribution in [0.15, 0.2) is 72.1 Å². The molecule has 3 unspecified atom stereocenters. The van der Waals surface area contributed by atoms with Crippen LogP contribution in [-0.4, -0.2) is 96.5 Å². The number of hydrogen-bond donors (Lipinski definition) is 6. The van der Waals surface area contributed by atoms with Gasteiger partial charge in [-0.25, -0.2) is 19.5 Å². The summed E-state index contributed by atoms with van der Waals surface area (Å²) >= 11 is 1.14. The first kappa shape index (κ1) is 37.1. The van der Waals surface area contributed by atoms with Crippen LogP contribution in [0.1, 0.15) is 35.8 Å². The van der Waals surface area contributed by atoms with Gasteiger partial charge in [0.15, 0.2) is 5.82 Å². The lowest BCUT2D eigenvalue weighted by Gasteiger charge is -2.49. The first-order valence-corrected chi connectivity index (χ1v) is 16.5. The predicted molar refractivity (Wildman–Crippen MR) is 183 cm³/mol. The number of aliphatic carboxylic acids is 1. The molecule has 0 radical (unpaired) electrons. The van der Waals surface area contributed by atoms with Gasteiger partial charge in [-0.15, -0.1) is 11.8 Å². The minimum Gasteiger partial charge on any atom is -0.493 e. The lowest BCUT2D eigenvalue weighted by molar-refractivity contribution is -0.151. The number of amides is 6. The van der Waals surface area contributed by atoms with Crippen LogP contribution in [0.5, 0.6) is 5.88 Å². The summed E-state index contributed by atoms with van der Waals surface area (Å²) in [7, 11) is 0. The van der Waals surface area contributed by atoms with Gasteiger partial charge in [0.25, 0.3) is 11.8 Å². The second kappa shape index (κ2) is 15.4. The van der Waals surface area contributed by atoms with Gasteiger partial charge in [0, 0.05) is 30.0 Å². The highest BCUT2D eigenvalue weighted by atomic mass is 32.2. The molecule has 1 aromatic heterocycles. The zero-order valence-electron chi connectivity index (χ0n) is 27.5. The number of imide groups is 2. The van der Waals surface area contributed by atoms with Gasteiger partial charge in [0.2, 0.25) is 23.6 Å². The van der Waals surface area contributed by atoms with E-state index in [-0.39, 0.29) is 22.8 Å². The molecule has 0 bridgehead atoms. The number of carbonyl (C=O) groups is 7. The Bertz CT molecular complexity index is 1990. The van der Waals surface area contributed by atoms with E-state index in [9.17, 15) is 43.8 Å². The number of ether oxygens (including phenoxy) is 1. The summed E-state index contributed by atoms with van der Waals surface area (Å²) in [4.78, 5) is 97.3. The van der Waals surface area contributed by atoms with Crippen LogP contribution in [0.25, 0.3) is 11.4 Å². The largest absolute Gasteiger partial charge is 0.493 e. The van der Waals surface area contributed by atoms with E-state index >= 15 is 0 Å². The number of carbonyl (C=O) groups excluding carboxylic acids is 6. The average Bonchev–Trinajstić information content (AvgIpc) is 3.12. The second-order valence-corrected chi connectivity index (χ2v) is 12.6. The summed E-state index contributed by atoms with van der Waals surface area (Å²) in [6.45, 7) is 2.05. The van der Waals surface area contributed by atoms with Gasteiger partial charge >= 0.3 is 12.1 Å². The summed E-state index contributed by atoms with van der Waals surface area (Å²) in [5, 5.41) is 24.1. The van der Waals surface area contributed by atoms with Crippen molar-refractivity contribution in [1.29, 1.82) is 0 Å². The van der Waals surface area contributed by atoms with Crippen LogP contribution in [0.4, 0.5) is 10.5 Å². The first-order valence-electron chi connectivity index (χ1n) is 15.4. The van der Waals surface area contributed by atoms with E-state index in [2.05, 4.69) is 15.3 Å². The highest BCUT2D eigenvalue weighted by Crippen LogP contribution is 2.40. The maximum atomic E-state index is 13.0. The summed E-state index contributed by atoms with van der Waals surface area (Å²) in [6.07, 6.45) is -0.337. The minimum absolute atomic E-state index is 0.0146. The highest BCUT2D eigenvalue weighted by molar-refractivity contribution is 8.00. The Balaban J connectivity index is 1.19. The van der Waals surface area contributed by atoms with Crippen molar-refractivity contribution in [3.8, 4) is 17.3 Å². The van der Waals surface area contributed by atoms with Gasteiger partial charge in [-0.05, 0) is 36.8 Å². The first-order chi connectivity index (χ1) is 24.7. The molecule has 52 heavy (non-hydrogen) atoms. The molecule has 1 saturated heterocycles. The topological polar surface area (TPSA) is 278 Å². The molecule has 3 heterocycles. The number of rotatable bonds is 10. The Hall–Kier alpha value is -6.18. The second-order valence-electron chi connectivity index (χ2n) is 11.5. The molecule has 0 saturated carbocycles. The normalized spacial score (nSPS) is 17.5. The maximum Gasteiger partial charge on any atom is 0.414 e. The maximum absolute atomic E-state index is 13.0. The van der Waals surface area contributed by atoms with E-state index in [0.717, 1.165) is 27.8 Å². The van der Waals surface area contributed by atoms with Crippen LogP contribution in [0, 0.1) is 0 Å². The number of nitrogens with zero attached hydrogens (tertiary/aromatic N) is 4. The number of carboxylic acids is 1. The summed E-state index contributed by atoms with van der Waals surface area (Å²) in [5.74, 6) is -5.86. The van der Waals surface area contributed by atoms with Crippen molar-refractivity contribution in [2.45, 2.75) is 37.3 Å². The Morgan fingerprint density at radius 3 is 2.35 bits per heavy atom. The molecule has 2 aliphatic heterocycles. The third kappa shape index (κ3) is 7.60. The molecule has 4 atom stereocenters. The smallest absolute Gasteiger partial charge is 0.414 e. The number of hydrogen-bond acceptors (Lipinski definition) is 14. The van der Waals surface area contributed by atoms with Crippen molar-refractivity contribution < 1.29 is 48.5 Å². The van der Waals surface area contributed by atoms with E-state index in [1.54, 1.807) is 30.3 Å². The monoisotopic (exact) mass is 732 g/mol. The van der Waals surface area contributed by atoms with Gasteiger partial charge in [-0.1, -0.05) is 30.3 Å². The van der Waals surface area contributed by atoms with Crippen LogP contribution < -0.4 is 27.0 Å². The summed E-state index contributed by atoms with van der Waals surface area (Å²) in [5.41, 5.74) is 11.9. The van der Waals surface area contributed by atoms with Gasteiger partial charge in [0.1, 0.15) is 35.3 Å². The van der Waals surface area contributed by atoms with Gasteiger partial charge in [-0.2, -0.15) is 4.98 Å². The van der Waals surface area contributed by atoms with Crippen molar-refractivity contribution in [1.82, 2.24) is 25.5 Å². The Kier molecular flexibility index (Phi) is 11.0. The SMILES string of the molecule is CC(=O)N(C(=O)C(C)N)c1ccc(-c2ncc(C(=O)NC(=O)OCC3=C(C(=O)O)N4C(=O)C(NC(=O)C(N)c5ccccc5)[C@@H]4SC3)c(O)n2)cc1. The molecule has 0 spiro atoms. The molecule has 1 fully saturated rings. The van der Waals surface area contributed by atoms with Gasteiger partial charge < -0.3 is 31.7 Å². The fourth-order valence-electron chi connectivity index (χ4n) is 5.30. The van der Waals surface area contributed by atoms with Crippen molar-refractivity contribution in [3.63, 3.8) is 0 Å². The number of carboxylic acid groups (broad SMARTS) is 1. The molecule has 2 aromatic carbocycles. The van der Waals surface area contributed by atoms with Crippen LogP contribution in [0.3, 0.4) is 0 Å². The quantitative estimate of drug-likeness (QED) is 0.154. The van der Waals surface area contributed by atoms with Crippen LogP contribution >= 0.6 is 11.8 Å². The lowest BCUT2D eigenvalue weighted by Crippen LogP contribution is -2.71. The van der Waals surface area contributed by atoms with Crippen molar-refractivity contribution >= 4 is 59.0 Å². The molecule has 6 amide bonds. The van der Waals surface area contributed by atoms with E-state index in [4.69, 9.17) is 16.2 Å². The molecule has 2 aliphatic rings. The zero-order valence-corrected chi connectivity index (χ0v) is 28.3. The molecule has 5 rings (SSSR count). The van der Waals surface area contributed by atoms with Crippen molar-refractivity contribution in [3.05, 3.63) is 83.2 Å². The fourth-order valence-corrected chi connectivity index (χ4v) is 6.62. The lowest BCUT2D eigenvalue weighted by atomic mass is 10.0. The van der Waals surface area contributed by atoms with E-state index < -0.39 is 88.8 Å². The third-order valence-corrected chi connectivity index (χ3v) is 9.24. The highest BCUT2D eigenvalue weighted by Gasteiger charge is 2.54. The molecule has 8 N–H and O–H groups in total. The summed E-state index contributed by atoms with van der Waals surface area (Å²) in [6, 6.07) is 11.3. The fraction of sp³-hybridized carbons (Fsp3) is 0.242. The Morgan fingerprint density at radius 1 is 1.08 bits per heavy atom. The van der Waals surface area contributed by atoms with Crippen LogP contribution in [-0.2, 0) is 28.7 Å². The number of nitrogens with one attached hydrogen (secondary N) is 2. The van der Waals surface area contributed by atoms with E-state index in [1.807, 2.05) is 5.32 Å². The van der Waals surface area contributed by atoms with Crippen LogP contribution in [0.2, 0.25) is 0 Å². The molecular formula is C33H32N8O10S. The number of aromatic nitrogens is 2. The number of fused-ring (bicyclic) bond motifs is 1. The Labute approximate surface area is 299 Å². The zero-order chi connectivity index (χ0) is 37.9. The number of aromatic hydroxyl groups is 1. The van der Waals surface area contributed by atoms with Gasteiger partial charge in [0.05, 0.1) is 11.7 Å². The number of benzene rings is 2. The van der Waals surface area contributed by atoms with Gasteiger partial charge in [-0.3, -0.25) is 34.2 Å². The molecule has 0 aliphatic carbocycles. The molecule has 270 valence electrons. The molecular weight excluding hydrogens is 700 g/mol. The average molecular weight is 733 g/mol. The predicted octanol–water partition coefficient (Wildman–Crippen LogP) is 0.381. The third-order valence-electron chi connectivity index (χ3n) is 7.90. The van der Waals surface area contributed by atoms with Crippen molar-refractivity contribution in [2.24, 2.45) is 11.5 Å². The molecule has 19 heteroatoms. The number of thioether (sulfide) groups is 1. The molecule has 3 aromatic rings. The number of anilines is 1. The van der Waals surface area contributed by atoms with E-state index in [0.29, 0.717) is 11.1 Å². The number of nitrogens with two attached hydrogens (primary N) is 2. The minimum atomic E-state index is -1.47. The number of alkyl carbamates (subject to hydrolysis) is 1. The molecule has 18 nitrogen and oxygen atoms in total. The summed E-state index contributed by atoms with van der Waals surface area (Å²) < 4.78 is 5.07. The standard InChI is InChI=1S/C33H32N8O10S/c1-15(34)29(46)40(16(2)42)20-10-8-18(9-11-20)25-36-12-21(26(43)38-25)27(44)39-33(50)51-13-19-14-52-31-23(30(47)41(31)24(19)32(48)49)37-28(45)22(35)17-6-4-3-5-7-17/h3-12,15,22-23,31H,13-14,34-35H2,1-2H3,(H,37,45)(H,48,49)(H,36,38,43)(H,39,44,50)/t15?,22?,23?,31-/m0/s1. The van der Waals surface area contributed by atoms with Crippen molar-refractivity contribution in [2.75, 3.05) is 17.3 Å². The Morgan fingerprint density at radius 2 is 1.75 bits per heavy atom. The number of β-lactam (4-membered cyclic amide) rings is 1. The van der Waals surface area contributed by atoms with E-state index in [1.165, 1.54) is 38.1 Å².